The fourth-order valence-electron chi connectivity index (χ4n) is 3.84. The van der Waals surface area contributed by atoms with Gasteiger partial charge in [-0.1, -0.05) is 17.7 Å². The van der Waals surface area contributed by atoms with Crippen LogP contribution in [0, 0.1) is 25.2 Å². The van der Waals surface area contributed by atoms with Crippen molar-refractivity contribution in [2.75, 3.05) is 26.3 Å². The molecule has 1 aromatic carbocycles. The van der Waals surface area contributed by atoms with E-state index in [1.165, 1.54) is 0 Å². The summed E-state index contributed by atoms with van der Waals surface area (Å²) in [6.45, 7) is 6.75. The molecule has 1 fully saturated rings. The van der Waals surface area contributed by atoms with E-state index in [1.54, 1.807) is 29.4 Å². The van der Waals surface area contributed by atoms with Gasteiger partial charge in [-0.05, 0) is 43.2 Å². The van der Waals surface area contributed by atoms with Crippen molar-refractivity contribution in [2.45, 2.75) is 20.4 Å². The Hall–Kier alpha value is -3.21. The number of aryl methyl sites for hydroxylation is 1. The average Bonchev–Trinajstić information content (AvgIpc) is 3.06. The van der Waals surface area contributed by atoms with Crippen LogP contribution in [0.2, 0.25) is 5.02 Å². The number of carbonyl (C=O) groups excluding carboxylic acids is 1. The topological polar surface area (TPSA) is 84.0 Å². The maximum Gasteiger partial charge on any atom is 0.255 e. The minimum atomic E-state index is -0.0288. The molecule has 3 heterocycles. The quantitative estimate of drug-likeness (QED) is 0.625. The van der Waals surface area contributed by atoms with Crippen molar-refractivity contribution < 1.29 is 9.53 Å². The van der Waals surface area contributed by atoms with E-state index in [1.807, 2.05) is 30.7 Å². The number of halogens is 1. The van der Waals surface area contributed by atoms with E-state index in [9.17, 15) is 4.79 Å². The monoisotopic (exact) mass is 435 g/mol. The lowest BCUT2D eigenvalue weighted by Crippen LogP contribution is -2.40. The number of rotatable bonds is 4. The first-order chi connectivity index (χ1) is 15.0. The van der Waals surface area contributed by atoms with E-state index in [0.29, 0.717) is 49.0 Å². The molecule has 0 radical (unpaired) electrons. The zero-order valence-electron chi connectivity index (χ0n) is 17.4. The zero-order chi connectivity index (χ0) is 22.0. The van der Waals surface area contributed by atoms with Crippen LogP contribution in [0.3, 0.4) is 0 Å². The van der Waals surface area contributed by atoms with Gasteiger partial charge in [-0.25, -0.2) is 0 Å². The van der Waals surface area contributed by atoms with Crippen LogP contribution in [0.5, 0.6) is 0 Å². The van der Waals surface area contributed by atoms with Crippen LogP contribution in [0.4, 0.5) is 0 Å². The third-order valence-electron chi connectivity index (χ3n) is 5.43. The summed E-state index contributed by atoms with van der Waals surface area (Å²) in [7, 11) is 0. The predicted molar refractivity (Wildman–Crippen MR) is 117 cm³/mol. The third-order valence-corrected chi connectivity index (χ3v) is 5.74. The van der Waals surface area contributed by atoms with Crippen molar-refractivity contribution in [1.82, 2.24) is 19.7 Å². The van der Waals surface area contributed by atoms with Crippen molar-refractivity contribution in [3.8, 4) is 17.2 Å². The van der Waals surface area contributed by atoms with E-state index in [4.69, 9.17) is 21.6 Å². The summed E-state index contributed by atoms with van der Waals surface area (Å²) in [6, 6.07) is 9.36. The number of ether oxygens (including phenoxy) is 1. The largest absolute Gasteiger partial charge is 0.378 e. The maximum absolute atomic E-state index is 12.8. The summed E-state index contributed by atoms with van der Waals surface area (Å²) in [4.78, 5) is 18.8. The molecule has 158 valence electrons. The molecular formula is C23H22ClN5O2. The molecular weight excluding hydrogens is 414 g/mol. The Morgan fingerprint density at radius 2 is 2.00 bits per heavy atom. The highest BCUT2D eigenvalue weighted by Gasteiger charge is 2.20. The van der Waals surface area contributed by atoms with E-state index in [2.05, 4.69) is 16.2 Å². The van der Waals surface area contributed by atoms with Gasteiger partial charge in [0.15, 0.2) is 0 Å². The Kier molecular flexibility index (Phi) is 6.03. The SMILES string of the molecule is Cc1nn(Cc2cncc(C(=O)N3CCOCC3)c2)c(C)c1-c1ccc(C#N)c(Cl)c1. The molecule has 1 aliphatic heterocycles. The molecule has 0 spiro atoms. The van der Waals surface area contributed by atoms with Crippen molar-refractivity contribution in [3.63, 3.8) is 0 Å². The molecule has 1 aliphatic rings. The van der Waals surface area contributed by atoms with Gasteiger partial charge in [0.1, 0.15) is 6.07 Å². The molecule has 4 rings (SSSR count). The number of hydrogen-bond acceptors (Lipinski definition) is 5. The van der Waals surface area contributed by atoms with Gasteiger partial charge in [-0.2, -0.15) is 10.4 Å². The van der Waals surface area contributed by atoms with Crippen molar-refractivity contribution in [2.24, 2.45) is 0 Å². The van der Waals surface area contributed by atoms with Gasteiger partial charge < -0.3 is 9.64 Å². The first kappa shape index (κ1) is 21.0. The van der Waals surface area contributed by atoms with Crippen molar-refractivity contribution in [3.05, 3.63) is 69.8 Å². The van der Waals surface area contributed by atoms with Crippen LogP contribution >= 0.6 is 11.6 Å². The highest BCUT2D eigenvalue weighted by molar-refractivity contribution is 6.32. The Morgan fingerprint density at radius 3 is 2.71 bits per heavy atom. The minimum Gasteiger partial charge on any atom is -0.378 e. The predicted octanol–water partition coefficient (Wildman–Crippen LogP) is 3.61. The van der Waals surface area contributed by atoms with E-state index in [0.717, 1.165) is 28.1 Å². The molecule has 3 aromatic rings. The second-order valence-corrected chi connectivity index (χ2v) is 7.90. The summed E-state index contributed by atoms with van der Waals surface area (Å²) in [5.74, 6) is -0.0288. The van der Waals surface area contributed by atoms with Crippen molar-refractivity contribution >= 4 is 17.5 Å². The second-order valence-electron chi connectivity index (χ2n) is 7.50. The number of aromatic nitrogens is 3. The summed E-state index contributed by atoms with van der Waals surface area (Å²) in [6.07, 6.45) is 3.36. The minimum absolute atomic E-state index is 0.0288. The standard InChI is InChI=1S/C23H22ClN5O2/c1-15-22(18-3-4-19(11-25)21(24)10-18)16(2)29(27-15)14-17-9-20(13-26-12-17)23(30)28-5-7-31-8-6-28/h3-4,9-10,12-13H,5-8,14H2,1-2H3. The van der Waals surface area contributed by atoms with Gasteiger partial charge in [-0.15, -0.1) is 0 Å². The second kappa shape index (κ2) is 8.88. The molecule has 7 nitrogen and oxygen atoms in total. The number of amides is 1. The lowest BCUT2D eigenvalue weighted by Gasteiger charge is -2.26. The summed E-state index contributed by atoms with van der Waals surface area (Å²) < 4.78 is 7.23. The van der Waals surface area contributed by atoms with Gasteiger partial charge in [-0.3, -0.25) is 14.5 Å². The van der Waals surface area contributed by atoms with Gasteiger partial charge in [0.25, 0.3) is 5.91 Å². The highest BCUT2D eigenvalue weighted by Crippen LogP contribution is 2.30. The lowest BCUT2D eigenvalue weighted by molar-refractivity contribution is 0.0302. The lowest BCUT2D eigenvalue weighted by atomic mass is 10.0. The van der Waals surface area contributed by atoms with Crippen LogP contribution in [0.25, 0.3) is 11.1 Å². The smallest absolute Gasteiger partial charge is 0.255 e. The highest BCUT2D eigenvalue weighted by atomic mass is 35.5. The van der Waals surface area contributed by atoms with Crippen LogP contribution in [-0.2, 0) is 11.3 Å². The number of pyridine rings is 1. The molecule has 8 heteroatoms. The molecule has 2 aromatic heterocycles. The number of nitrogens with zero attached hydrogens (tertiary/aromatic N) is 5. The van der Waals surface area contributed by atoms with Gasteiger partial charge >= 0.3 is 0 Å². The third kappa shape index (κ3) is 4.31. The summed E-state index contributed by atoms with van der Waals surface area (Å²) >= 11 is 6.23. The molecule has 0 atom stereocenters. The number of nitriles is 1. The van der Waals surface area contributed by atoms with Crippen LogP contribution < -0.4 is 0 Å². The van der Waals surface area contributed by atoms with Crippen molar-refractivity contribution in [1.29, 1.82) is 5.26 Å². The van der Waals surface area contributed by atoms with Crippen LogP contribution in [0.1, 0.15) is 32.9 Å². The molecule has 31 heavy (non-hydrogen) atoms. The average molecular weight is 436 g/mol. The Bertz CT molecular complexity index is 1180. The number of carbonyl (C=O) groups is 1. The van der Waals surface area contributed by atoms with E-state index < -0.39 is 0 Å². The first-order valence-corrected chi connectivity index (χ1v) is 10.4. The molecule has 0 aliphatic carbocycles. The summed E-state index contributed by atoms with van der Waals surface area (Å²) in [5, 5.41) is 14.2. The molecule has 0 unspecified atom stereocenters. The Labute approximate surface area is 185 Å². The summed E-state index contributed by atoms with van der Waals surface area (Å²) in [5.41, 5.74) is 5.66. The van der Waals surface area contributed by atoms with E-state index in [-0.39, 0.29) is 5.91 Å². The number of hydrogen-bond donors (Lipinski definition) is 0. The fourth-order valence-corrected chi connectivity index (χ4v) is 4.07. The first-order valence-electron chi connectivity index (χ1n) is 10.0. The maximum atomic E-state index is 12.8. The molecule has 1 amide bonds. The molecule has 0 N–H and O–H groups in total. The van der Waals surface area contributed by atoms with E-state index >= 15 is 0 Å². The Morgan fingerprint density at radius 1 is 1.23 bits per heavy atom. The molecule has 0 saturated carbocycles. The normalized spacial score (nSPS) is 13.8. The molecule has 0 bridgehead atoms. The number of morpholine rings is 1. The van der Waals surface area contributed by atoms with Crippen LogP contribution in [-0.4, -0.2) is 51.9 Å². The van der Waals surface area contributed by atoms with Gasteiger partial charge in [0.2, 0.25) is 0 Å². The zero-order valence-corrected chi connectivity index (χ0v) is 18.2. The molecule has 1 saturated heterocycles. The van der Waals surface area contributed by atoms with Gasteiger partial charge in [0, 0.05) is 36.7 Å². The fraction of sp³-hybridized carbons (Fsp3) is 0.304. The Balaban J connectivity index is 1.59. The number of benzene rings is 1. The van der Waals surface area contributed by atoms with Crippen LogP contribution in [0.15, 0.2) is 36.7 Å². The van der Waals surface area contributed by atoms with Gasteiger partial charge in [0.05, 0.1) is 41.6 Å².